The molecule has 1 saturated heterocycles. The quantitative estimate of drug-likeness (QED) is 0.710. The Bertz CT molecular complexity index is 504. The zero-order valence-corrected chi connectivity index (χ0v) is 13.9. The first kappa shape index (κ1) is 17.1. The van der Waals surface area contributed by atoms with Crippen LogP contribution in [0.3, 0.4) is 0 Å². The SMILES string of the molecule is CCCCCCCCn1cc(O)c(=O)cc1CN1CCCC1. The molecule has 0 spiro atoms. The molecule has 2 rings (SSSR count). The monoisotopic (exact) mass is 306 g/mol. The van der Waals surface area contributed by atoms with E-state index in [9.17, 15) is 9.90 Å². The lowest BCUT2D eigenvalue weighted by molar-refractivity contribution is 0.317. The van der Waals surface area contributed by atoms with Crippen molar-refractivity contribution in [3.05, 3.63) is 28.2 Å². The number of aromatic hydroxyl groups is 1. The van der Waals surface area contributed by atoms with Crippen LogP contribution in [0, 0.1) is 0 Å². The summed E-state index contributed by atoms with van der Waals surface area (Å²) >= 11 is 0. The predicted molar refractivity (Wildman–Crippen MR) is 90.3 cm³/mol. The second-order valence-electron chi connectivity index (χ2n) is 6.46. The van der Waals surface area contributed by atoms with Gasteiger partial charge < -0.3 is 9.67 Å². The number of likely N-dealkylation sites (tertiary alicyclic amines) is 1. The van der Waals surface area contributed by atoms with E-state index in [4.69, 9.17) is 0 Å². The van der Waals surface area contributed by atoms with Crippen molar-refractivity contribution in [3.8, 4) is 5.75 Å². The van der Waals surface area contributed by atoms with Crippen LogP contribution in [-0.2, 0) is 13.1 Å². The van der Waals surface area contributed by atoms with Gasteiger partial charge in [-0.05, 0) is 32.4 Å². The Labute approximate surface area is 133 Å². The molecule has 1 aliphatic rings. The predicted octanol–water partition coefficient (Wildman–Crippen LogP) is 3.51. The third-order valence-corrected chi connectivity index (χ3v) is 4.53. The molecule has 0 bridgehead atoms. The zero-order chi connectivity index (χ0) is 15.8. The van der Waals surface area contributed by atoms with E-state index in [2.05, 4.69) is 16.4 Å². The van der Waals surface area contributed by atoms with Crippen LogP contribution in [0.25, 0.3) is 0 Å². The Kier molecular flexibility index (Phi) is 6.97. The maximum absolute atomic E-state index is 11.7. The van der Waals surface area contributed by atoms with Crippen molar-refractivity contribution in [1.82, 2.24) is 9.47 Å². The van der Waals surface area contributed by atoms with E-state index in [0.29, 0.717) is 0 Å². The first-order chi connectivity index (χ1) is 10.7. The van der Waals surface area contributed by atoms with Crippen LogP contribution in [-0.4, -0.2) is 27.7 Å². The van der Waals surface area contributed by atoms with Gasteiger partial charge in [0.15, 0.2) is 5.75 Å². The molecule has 4 nitrogen and oxygen atoms in total. The van der Waals surface area contributed by atoms with Crippen molar-refractivity contribution in [2.75, 3.05) is 13.1 Å². The van der Waals surface area contributed by atoms with Crippen LogP contribution in [0.1, 0.15) is 64.0 Å². The largest absolute Gasteiger partial charge is 0.503 e. The van der Waals surface area contributed by atoms with Crippen molar-refractivity contribution < 1.29 is 5.11 Å². The molecule has 0 aliphatic carbocycles. The highest BCUT2D eigenvalue weighted by molar-refractivity contribution is 5.20. The normalized spacial score (nSPS) is 15.5. The van der Waals surface area contributed by atoms with Crippen molar-refractivity contribution >= 4 is 0 Å². The minimum atomic E-state index is -0.256. The molecular weight excluding hydrogens is 276 g/mol. The van der Waals surface area contributed by atoms with E-state index in [1.807, 2.05) is 0 Å². The molecule has 1 fully saturated rings. The van der Waals surface area contributed by atoms with Crippen molar-refractivity contribution in [1.29, 1.82) is 0 Å². The van der Waals surface area contributed by atoms with Gasteiger partial charge in [0.25, 0.3) is 0 Å². The van der Waals surface area contributed by atoms with E-state index in [-0.39, 0.29) is 11.2 Å². The minimum Gasteiger partial charge on any atom is -0.503 e. The zero-order valence-electron chi connectivity index (χ0n) is 13.9. The molecule has 2 heterocycles. The highest BCUT2D eigenvalue weighted by Crippen LogP contribution is 2.15. The number of rotatable bonds is 9. The fraction of sp³-hybridized carbons (Fsp3) is 0.722. The lowest BCUT2D eigenvalue weighted by atomic mass is 10.1. The van der Waals surface area contributed by atoms with E-state index in [0.717, 1.165) is 38.3 Å². The third-order valence-electron chi connectivity index (χ3n) is 4.53. The molecule has 1 aromatic rings. The fourth-order valence-corrected chi connectivity index (χ4v) is 3.18. The summed E-state index contributed by atoms with van der Waals surface area (Å²) in [4.78, 5) is 14.1. The molecule has 22 heavy (non-hydrogen) atoms. The Hall–Kier alpha value is -1.29. The highest BCUT2D eigenvalue weighted by atomic mass is 16.3. The summed E-state index contributed by atoms with van der Waals surface area (Å²) in [6.07, 6.45) is 11.6. The molecule has 0 unspecified atom stereocenters. The van der Waals surface area contributed by atoms with Gasteiger partial charge in [-0.3, -0.25) is 9.69 Å². The number of aromatic nitrogens is 1. The van der Waals surface area contributed by atoms with Gasteiger partial charge in [-0.25, -0.2) is 0 Å². The maximum atomic E-state index is 11.7. The fourth-order valence-electron chi connectivity index (χ4n) is 3.18. The molecule has 0 amide bonds. The van der Waals surface area contributed by atoms with Crippen LogP contribution in [0.4, 0.5) is 0 Å². The second-order valence-corrected chi connectivity index (χ2v) is 6.46. The van der Waals surface area contributed by atoms with Crippen LogP contribution in [0.15, 0.2) is 17.1 Å². The van der Waals surface area contributed by atoms with Crippen LogP contribution >= 0.6 is 0 Å². The third kappa shape index (κ3) is 5.16. The summed E-state index contributed by atoms with van der Waals surface area (Å²) in [5.74, 6) is -0.129. The lowest BCUT2D eigenvalue weighted by Gasteiger charge is -2.19. The molecule has 1 aromatic heterocycles. The topological polar surface area (TPSA) is 45.5 Å². The summed E-state index contributed by atoms with van der Waals surface area (Å²) in [5.41, 5.74) is 0.784. The van der Waals surface area contributed by atoms with E-state index in [1.165, 1.54) is 44.9 Å². The molecule has 0 saturated carbocycles. The highest BCUT2D eigenvalue weighted by Gasteiger charge is 2.14. The standard InChI is InChI=1S/C18H30N2O2/c1-2-3-4-5-6-7-12-20-15-18(22)17(21)13-16(20)14-19-10-8-9-11-19/h13,15,22H,2-12,14H2,1H3. The smallest absolute Gasteiger partial charge is 0.223 e. The molecule has 0 aromatic carbocycles. The van der Waals surface area contributed by atoms with Gasteiger partial charge in [-0.15, -0.1) is 0 Å². The van der Waals surface area contributed by atoms with Gasteiger partial charge >= 0.3 is 0 Å². The first-order valence-electron chi connectivity index (χ1n) is 8.85. The lowest BCUT2D eigenvalue weighted by Crippen LogP contribution is -2.23. The minimum absolute atomic E-state index is 0.129. The molecule has 0 atom stereocenters. The van der Waals surface area contributed by atoms with Crippen molar-refractivity contribution in [2.24, 2.45) is 0 Å². The average molecular weight is 306 g/mol. The number of pyridine rings is 1. The molecule has 0 radical (unpaired) electrons. The van der Waals surface area contributed by atoms with Crippen molar-refractivity contribution in [3.63, 3.8) is 0 Å². The number of nitrogens with zero attached hydrogens (tertiary/aromatic N) is 2. The van der Waals surface area contributed by atoms with Gasteiger partial charge in [0.05, 0.1) is 6.20 Å². The molecule has 124 valence electrons. The Morgan fingerprint density at radius 3 is 2.50 bits per heavy atom. The number of hydrogen-bond donors (Lipinski definition) is 1. The second kappa shape index (κ2) is 8.99. The number of hydrogen-bond acceptors (Lipinski definition) is 3. The number of unbranched alkanes of at least 4 members (excludes halogenated alkanes) is 5. The average Bonchev–Trinajstić information content (AvgIpc) is 3.00. The Morgan fingerprint density at radius 1 is 1.09 bits per heavy atom. The van der Waals surface area contributed by atoms with Gasteiger partial charge in [0.1, 0.15) is 0 Å². The Balaban J connectivity index is 1.92. The van der Waals surface area contributed by atoms with Gasteiger partial charge in [-0.1, -0.05) is 39.0 Å². The first-order valence-corrected chi connectivity index (χ1v) is 8.85. The van der Waals surface area contributed by atoms with E-state index < -0.39 is 0 Å². The molecule has 1 aliphatic heterocycles. The van der Waals surface area contributed by atoms with Crippen LogP contribution in [0.2, 0.25) is 0 Å². The summed E-state index contributed by atoms with van der Waals surface area (Å²) in [7, 11) is 0. The molecular formula is C18H30N2O2. The Morgan fingerprint density at radius 2 is 1.77 bits per heavy atom. The van der Waals surface area contributed by atoms with E-state index >= 15 is 0 Å². The van der Waals surface area contributed by atoms with Crippen LogP contribution < -0.4 is 5.43 Å². The van der Waals surface area contributed by atoms with E-state index in [1.54, 1.807) is 12.3 Å². The molecule has 4 heteroatoms. The van der Waals surface area contributed by atoms with Gasteiger partial charge in [0, 0.05) is 24.8 Å². The van der Waals surface area contributed by atoms with Crippen LogP contribution in [0.5, 0.6) is 5.75 Å². The van der Waals surface area contributed by atoms with Gasteiger partial charge in [0.2, 0.25) is 5.43 Å². The summed E-state index contributed by atoms with van der Waals surface area (Å²) < 4.78 is 2.08. The van der Waals surface area contributed by atoms with Gasteiger partial charge in [-0.2, -0.15) is 0 Å². The molecule has 1 N–H and O–H groups in total. The summed E-state index contributed by atoms with van der Waals surface area (Å²) in [6.45, 7) is 6.18. The summed E-state index contributed by atoms with van der Waals surface area (Å²) in [5, 5.41) is 9.71. The van der Waals surface area contributed by atoms with Crippen molar-refractivity contribution in [2.45, 2.75) is 71.4 Å². The maximum Gasteiger partial charge on any atom is 0.223 e. The number of aryl methyl sites for hydroxylation is 1. The summed E-state index contributed by atoms with van der Waals surface area (Å²) in [6, 6.07) is 1.62.